The minimum Gasteiger partial charge on any atom is -0.478 e. The SMILES string of the molecule is CCCCCCCC1CCC(C(=O)Oc2ccc(OCCCC)nc2)CC1. The number of ether oxygens (including phenoxy) is 2. The summed E-state index contributed by atoms with van der Waals surface area (Å²) in [5.74, 6) is 1.85. The highest BCUT2D eigenvalue weighted by molar-refractivity contribution is 5.75. The summed E-state index contributed by atoms with van der Waals surface area (Å²) >= 11 is 0. The molecule has 0 atom stereocenters. The number of hydrogen-bond donors (Lipinski definition) is 0. The van der Waals surface area contributed by atoms with Gasteiger partial charge in [0.15, 0.2) is 0 Å². The average molecular weight is 376 g/mol. The normalized spacial score (nSPS) is 19.6. The third-order valence-corrected chi connectivity index (χ3v) is 5.57. The van der Waals surface area contributed by atoms with Gasteiger partial charge in [0, 0.05) is 6.07 Å². The third kappa shape index (κ3) is 8.32. The molecule has 1 saturated carbocycles. The van der Waals surface area contributed by atoms with E-state index in [1.54, 1.807) is 18.3 Å². The summed E-state index contributed by atoms with van der Waals surface area (Å²) in [4.78, 5) is 16.6. The zero-order valence-electron chi connectivity index (χ0n) is 17.3. The Labute approximate surface area is 165 Å². The number of carbonyl (C=O) groups is 1. The van der Waals surface area contributed by atoms with E-state index in [0.717, 1.165) is 44.4 Å². The fourth-order valence-corrected chi connectivity index (χ4v) is 3.76. The molecular weight excluding hydrogens is 338 g/mol. The number of unbranched alkanes of at least 4 members (excludes halogenated alkanes) is 5. The number of nitrogens with zero attached hydrogens (tertiary/aromatic N) is 1. The van der Waals surface area contributed by atoms with Gasteiger partial charge in [-0.25, -0.2) is 4.98 Å². The summed E-state index contributed by atoms with van der Waals surface area (Å²) in [6, 6.07) is 3.54. The Hall–Kier alpha value is -1.58. The molecule has 0 aromatic carbocycles. The molecule has 1 aliphatic rings. The molecule has 0 N–H and O–H groups in total. The molecular formula is C23H37NO3. The van der Waals surface area contributed by atoms with Gasteiger partial charge in [0.05, 0.1) is 18.7 Å². The molecule has 0 spiro atoms. The number of esters is 1. The summed E-state index contributed by atoms with van der Waals surface area (Å²) in [6.45, 7) is 5.05. The Morgan fingerprint density at radius 2 is 1.74 bits per heavy atom. The molecule has 0 aliphatic heterocycles. The Bertz CT molecular complexity index is 521. The lowest BCUT2D eigenvalue weighted by Crippen LogP contribution is -2.25. The summed E-state index contributed by atoms with van der Waals surface area (Å²) in [7, 11) is 0. The van der Waals surface area contributed by atoms with Gasteiger partial charge >= 0.3 is 5.97 Å². The van der Waals surface area contributed by atoms with Crippen LogP contribution >= 0.6 is 0 Å². The number of hydrogen-bond acceptors (Lipinski definition) is 4. The molecule has 1 aromatic rings. The molecule has 27 heavy (non-hydrogen) atoms. The number of aromatic nitrogens is 1. The van der Waals surface area contributed by atoms with Crippen LogP contribution in [0.15, 0.2) is 18.3 Å². The first-order valence-electron chi connectivity index (χ1n) is 11.0. The van der Waals surface area contributed by atoms with Crippen LogP contribution in [0, 0.1) is 11.8 Å². The van der Waals surface area contributed by atoms with Crippen LogP contribution in [0.4, 0.5) is 0 Å². The lowest BCUT2D eigenvalue weighted by Gasteiger charge is -2.27. The predicted molar refractivity (Wildman–Crippen MR) is 109 cm³/mol. The van der Waals surface area contributed by atoms with Crippen LogP contribution in [0.2, 0.25) is 0 Å². The fraction of sp³-hybridized carbons (Fsp3) is 0.739. The van der Waals surface area contributed by atoms with Crippen molar-refractivity contribution in [2.45, 2.75) is 90.9 Å². The van der Waals surface area contributed by atoms with E-state index < -0.39 is 0 Å². The highest BCUT2D eigenvalue weighted by Crippen LogP contribution is 2.33. The maximum absolute atomic E-state index is 12.4. The minimum atomic E-state index is -0.0992. The Morgan fingerprint density at radius 1 is 1.00 bits per heavy atom. The number of carbonyl (C=O) groups excluding carboxylic acids is 1. The second-order valence-corrected chi connectivity index (χ2v) is 7.88. The van der Waals surface area contributed by atoms with Gasteiger partial charge in [0.25, 0.3) is 0 Å². The van der Waals surface area contributed by atoms with Crippen LogP contribution in [-0.4, -0.2) is 17.6 Å². The molecule has 152 valence electrons. The van der Waals surface area contributed by atoms with Gasteiger partial charge < -0.3 is 9.47 Å². The first kappa shape index (κ1) is 21.7. The van der Waals surface area contributed by atoms with Crippen molar-refractivity contribution in [3.8, 4) is 11.6 Å². The van der Waals surface area contributed by atoms with Gasteiger partial charge in [-0.15, -0.1) is 0 Å². The second kappa shape index (κ2) is 12.7. The van der Waals surface area contributed by atoms with Crippen molar-refractivity contribution < 1.29 is 14.3 Å². The lowest BCUT2D eigenvalue weighted by molar-refractivity contribution is -0.140. The van der Waals surface area contributed by atoms with Crippen LogP contribution in [-0.2, 0) is 4.79 Å². The van der Waals surface area contributed by atoms with Crippen LogP contribution in [0.25, 0.3) is 0 Å². The Balaban J connectivity index is 1.65. The zero-order chi connectivity index (χ0) is 19.3. The van der Waals surface area contributed by atoms with E-state index in [9.17, 15) is 4.79 Å². The second-order valence-electron chi connectivity index (χ2n) is 7.88. The smallest absolute Gasteiger partial charge is 0.314 e. The standard InChI is InChI=1S/C23H37NO3/c1-3-5-7-8-9-10-19-11-13-20(14-12-19)23(25)27-21-15-16-22(24-18-21)26-17-6-4-2/h15-16,18-20H,3-14,17H2,1-2H3. The Morgan fingerprint density at radius 3 is 2.41 bits per heavy atom. The fourth-order valence-electron chi connectivity index (χ4n) is 3.76. The van der Waals surface area contributed by atoms with Gasteiger partial charge in [-0.1, -0.05) is 58.8 Å². The molecule has 4 heteroatoms. The van der Waals surface area contributed by atoms with Gasteiger partial charge in [-0.05, 0) is 44.1 Å². The third-order valence-electron chi connectivity index (χ3n) is 5.57. The first-order chi connectivity index (χ1) is 13.2. The van der Waals surface area contributed by atoms with Crippen molar-refractivity contribution in [1.29, 1.82) is 0 Å². The summed E-state index contributed by atoms with van der Waals surface area (Å²) in [5.41, 5.74) is 0. The summed E-state index contributed by atoms with van der Waals surface area (Å²) < 4.78 is 11.1. The van der Waals surface area contributed by atoms with E-state index >= 15 is 0 Å². The van der Waals surface area contributed by atoms with Crippen LogP contribution < -0.4 is 9.47 Å². The topological polar surface area (TPSA) is 48.4 Å². The molecule has 0 amide bonds. The molecule has 1 heterocycles. The lowest BCUT2D eigenvalue weighted by atomic mass is 9.80. The number of rotatable bonds is 12. The Kier molecular flexibility index (Phi) is 10.3. The van der Waals surface area contributed by atoms with Gasteiger partial charge in [0.1, 0.15) is 5.75 Å². The monoisotopic (exact) mass is 375 g/mol. The van der Waals surface area contributed by atoms with E-state index in [4.69, 9.17) is 9.47 Å². The van der Waals surface area contributed by atoms with Gasteiger partial charge in [0.2, 0.25) is 5.88 Å². The summed E-state index contributed by atoms with van der Waals surface area (Å²) in [6.07, 6.45) is 16.0. The van der Waals surface area contributed by atoms with E-state index in [1.165, 1.54) is 38.5 Å². The predicted octanol–water partition coefficient (Wildman–Crippen LogP) is 6.33. The molecule has 1 aromatic heterocycles. The zero-order valence-corrected chi connectivity index (χ0v) is 17.3. The van der Waals surface area contributed by atoms with Crippen molar-refractivity contribution in [2.24, 2.45) is 11.8 Å². The van der Waals surface area contributed by atoms with Crippen LogP contribution in [0.5, 0.6) is 11.6 Å². The first-order valence-corrected chi connectivity index (χ1v) is 11.0. The number of pyridine rings is 1. The molecule has 4 nitrogen and oxygen atoms in total. The highest BCUT2D eigenvalue weighted by atomic mass is 16.5. The molecule has 2 rings (SSSR count). The van der Waals surface area contributed by atoms with E-state index in [0.29, 0.717) is 18.2 Å². The van der Waals surface area contributed by atoms with Gasteiger partial charge in [-0.3, -0.25) is 4.79 Å². The van der Waals surface area contributed by atoms with Crippen LogP contribution in [0.3, 0.4) is 0 Å². The highest BCUT2D eigenvalue weighted by Gasteiger charge is 2.27. The van der Waals surface area contributed by atoms with Crippen molar-refractivity contribution in [3.05, 3.63) is 18.3 Å². The maximum Gasteiger partial charge on any atom is 0.314 e. The van der Waals surface area contributed by atoms with Crippen molar-refractivity contribution in [1.82, 2.24) is 4.98 Å². The average Bonchev–Trinajstić information content (AvgIpc) is 2.70. The quantitative estimate of drug-likeness (QED) is 0.316. The van der Waals surface area contributed by atoms with Crippen LogP contribution in [0.1, 0.15) is 90.9 Å². The van der Waals surface area contributed by atoms with Crippen molar-refractivity contribution in [2.75, 3.05) is 6.61 Å². The summed E-state index contributed by atoms with van der Waals surface area (Å²) in [5, 5.41) is 0. The molecule has 1 aliphatic carbocycles. The van der Waals surface area contributed by atoms with Crippen molar-refractivity contribution in [3.63, 3.8) is 0 Å². The van der Waals surface area contributed by atoms with E-state index in [1.807, 2.05) is 0 Å². The van der Waals surface area contributed by atoms with Crippen molar-refractivity contribution >= 4 is 5.97 Å². The molecule has 0 bridgehead atoms. The molecule has 1 fully saturated rings. The minimum absolute atomic E-state index is 0.0434. The largest absolute Gasteiger partial charge is 0.478 e. The molecule has 0 saturated heterocycles. The van der Waals surface area contributed by atoms with Gasteiger partial charge in [-0.2, -0.15) is 0 Å². The van der Waals surface area contributed by atoms with E-state index in [2.05, 4.69) is 18.8 Å². The molecule has 0 radical (unpaired) electrons. The van der Waals surface area contributed by atoms with E-state index in [-0.39, 0.29) is 11.9 Å². The maximum atomic E-state index is 12.4. The molecule has 0 unspecified atom stereocenters.